The number of likely N-dealkylation sites (N-methyl/N-ethyl adjacent to an activating group) is 1. The fourth-order valence-electron chi connectivity index (χ4n) is 1.30. The molecule has 1 fully saturated rings. The van der Waals surface area contributed by atoms with Gasteiger partial charge in [0.05, 0.1) is 6.04 Å². The van der Waals surface area contributed by atoms with Gasteiger partial charge in [-0.3, -0.25) is 9.59 Å². The van der Waals surface area contributed by atoms with Crippen molar-refractivity contribution in [2.45, 2.75) is 19.4 Å². The fourth-order valence-corrected chi connectivity index (χ4v) is 1.30. The Balaban J connectivity index is 2.43. The Kier molecular flexibility index (Phi) is 2.91. The summed E-state index contributed by atoms with van der Waals surface area (Å²) in [6.45, 7) is 2.18. The average molecular weight is 180 g/mol. The van der Waals surface area contributed by atoms with E-state index in [0.29, 0.717) is 13.0 Å². The van der Waals surface area contributed by atoms with E-state index in [9.17, 15) is 9.59 Å². The fraction of sp³-hybridized carbons (Fsp3) is 0.556. The summed E-state index contributed by atoms with van der Waals surface area (Å²) < 4.78 is 0. The van der Waals surface area contributed by atoms with Gasteiger partial charge in [-0.1, -0.05) is 5.92 Å². The Morgan fingerprint density at radius 2 is 2.38 bits per heavy atom. The van der Waals surface area contributed by atoms with E-state index in [0.717, 1.165) is 0 Å². The van der Waals surface area contributed by atoms with Crippen LogP contribution in [-0.2, 0) is 9.59 Å². The van der Waals surface area contributed by atoms with Crippen molar-refractivity contribution in [1.82, 2.24) is 10.2 Å². The van der Waals surface area contributed by atoms with E-state index in [1.165, 1.54) is 0 Å². The smallest absolute Gasteiger partial charge is 0.296 e. The van der Waals surface area contributed by atoms with Gasteiger partial charge in [0, 0.05) is 20.0 Å². The molecule has 70 valence electrons. The minimum Gasteiger partial charge on any atom is -0.344 e. The molecule has 0 radical (unpaired) electrons. The van der Waals surface area contributed by atoms with Crippen molar-refractivity contribution in [3.8, 4) is 11.8 Å². The third kappa shape index (κ3) is 2.48. The molecule has 1 saturated heterocycles. The van der Waals surface area contributed by atoms with Gasteiger partial charge in [0.2, 0.25) is 5.91 Å². The first kappa shape index (κ1) is 9.59. The van der Waals surface area contributed by atoms with Crippen LogP contribution >= 0.6 is 0 Å². The molecule has 0 spiro atoms. The molecule has 1 atom stereocenters. The average Bonchev–Trinajstić information content (AvgIpc) is 2.31. The second kappa shape index (κ2) is 3.94. The predicted octanol–water partition coefficient (Wildman–Crippen LogP) is -0.643. The number of hydrogen-bond donors (Lipinski definition) is 1. The largest absolute Gasteiger partial charge is 0.344 e. The molecule has 0 saturated carbocycles. The Morgan fingerprint density at radius 3 is 2.85 bits per heavy atom. The number of nitrogens with zero attached hydrogens (tertiary/aromatic N) is 1. The summed E-state index contributed by atoms with van der Waals surface area (Å²) in [6, 6.07) is -0.0779. The van der Waals surface area contributed by atoms with Crippen LogP contribution in [-0.4, -0.2) is 36.3 Å². The number of carbonyl (C=O) groups excluding carboxylic acids is 2. The number of likely N-dealkylation sites (tertiary alicyclic amines) is 1. The van der Waals surface area contributed by atoms with E-state index in [4.69, 9.17) is 0 Å². The molecule has 1 unspecified atom stereocenters. The number of rotatable bonds is 1. The molecule has 4 heteroatoms. The van der Waals surface area contributed by atoms with Crippen LogP contribution in [0.2, 0.25) is 0 Å². The van der Waals surface area contributed by atoms with Crippen LogP contribution in [0.5, 0.6) is 0 Å². The van der Waals surface area contributed by atoms with E-state index in [2.05, 4.69) is 17.2 Å². The van der Waals surface area contributed by atoms with Crippen molar-refractivity contribution in [2.75, 3.05) is 13.6 Å². The summed E-state index contributed by atoms with van der Waals surface area (Å²) in [4.78, 5) is 23.7. The van der Waals surface area contributed by atoms with Crippen molar-refractivity contribution in [3.05, 3.63) is 0 Å². The lowest BCUT2D eigenvalue weighted by molar-refractivity contribution is -0.126. The lowest BCUT2D eigenvalue weighted by Gasteiger charge is -2.09. The lowest BCUT2D eigenvalue weighted by Crippen LogP contribution is -2.35. The maximum Gasteiger partial charge on any atom is 0.296 e. The molecule has 0 bridgehead atoms. The number of carbonyl (C=O) groups is 2. The second-order valence-electron chi connectivity index (χ2n) is 3.02. The first-order valence-electron chi connectivity index (χ1n) is 4.10. The highest BCUT2D eigenvalue weighted by Gasteiger charge is 2.27. The maximum atomic E-state index is 11.1. The molecular formula is C9H12N2O2. The normalized spacial score (nSPS) is 20.9. The predicted molar refractivity (Wildman–Crippen MR) is 47.6 cm³/mol. The van der Waals surface area contributed by atoms with Gasteiger partial charge in [-0.25, -0.2) is 0 Å². The summed E-state index contributed by atoms with van der Waals surface area (Å²) in [6.07, 6.45) is 0.383. The molecule has 4 nitrogen and oxygen atoms in total. The molecule has 1 heterocycles. The highest BCUT2D eigenvalue weighted by molar-refractivity contribution is 5.94. The van der Waals surface area contributed by atoms with Crippen LogP contribution in [0.15, 0.2) is 0 Å². The maximum absolute atomic E-state index is 11.1. The summed E-state index contributed by atoms with van der Waals surface area (Å²) >= 11 is 0. The molecule has 13 heavy (non-hydrogen) atoms. The van der Waals surface area contributed by atoms with Crippen LogP contribution in [0.4, 0.5) is 0 Å². The van der Waals surface area contributed by atoms with Crippen LogP contribution in [0.1, 0.15) is 13.3 Å². The minimum absolute atomic E-state index is 0.0646. The molecule has 0 aliphatic carbocycles. The minimum atomic E-state index is -0.310. The lowest BCUT2D eigenvalue weighted by atomic mass is 10.2. The summed E-state index contributed by atoms with van der Waals surface area (Å²) in [5, 5.41) is 2.67. The Bertz CT molecular complexity index is 288. The number of amides is 2. The van der Waals surface area contributed by atoms with Crippen molar-refractivity contribution < 1.29 is 9.59 Å². The third-order valence-electron chi connectivity index (χ3n) is 1.91. The van der Waals surface area contributed by atoms with E-state index < -0.39 is 0 Å². The molecule has 1 rings (SSSR count). The van der Waals surface area contributed by atoms with Crippen LogP contribution in [0.3, 0.4) is 0 Å². The molecule has 0 aromatic rings. The van der Waals surface area contributed by atoms with E-state index in [-0.39, 0.29) is 17.9 Å². The van der Waals surface area contributed by atoms with Gasteiger partial charge in [-0.2, -0.15) is 0 Å². The third-order valence-corrected chi connectivity index (χ3v) is 1.91. The summed E-state index contributed by atoms with van der Waals surface area (Å²) in [5.41, 5.74) is 0. The highest BCUT2D eigenvalue weighted by Crippen LogP contribution is 2.07. The first-order chi connectivity index (χ1) is 6.13. The van der Waals surface area contributed by atoms with Gasteiger partial charge >= 0.3 is 0 Å². The van der Waals surface area contributed by atoms with Crippen molar-refractivity contribution in [1.29, 1.82) is 0 Å². The highest BCUT2D eigenvalue weighted by atomic mass is 16.2. The van der Waals surface area contributed by atoms with Crippen LogP contribution in [0, 0.1) is 11.8 Å². The van der Waals surface area contributed by atoms with Crippen molar-refractivity contribution in [3.63, 3.8) is 0 Å². The van der Waals surface area contributed by atoms with E-state index >= 15 is 0 Å². The molecule has 1 N–H and O–H groups in total. The van der Waals surface area contributed by atoms with E-state index in [1.807, 2.05) is 0 Å². The van der Waals surface area contributed by atoms with E-state index in [1.54, 1.807) is 18.9 Å². The molecule has 2 amide bonds. The van der Waals surface area contributed by atoms with Crippen LogP contribution < -0.4 is 5.32 Å². The Hall–Kier alpha value is -1.50. The molecular weight excluding hydrogens is 168 g/mol. The van der Waals surface area contributed by atoms with Gasteiger partial charge in [0.15, 0.2) is 0 Å². The summed E-state index contributed by atoms with van der Waals surface area (Å²) in [7, 11) is 1.72. The molecule has 1 aliphatic rings. The standard InChI is InChI=1S/C9H12N2O2/c1-3-4-8(12)10-7-5-9(13)11(2)6-7/h7H,5-6H2,1-2H3,(H,10,12). The zero-order valence-corrected chi connectivity index (χ0v) is 7.76. The number of hydrogen-bond acceptors (Lipinski definition) is 2. The zero-order valence-electron chi connectivity index (χ0n) is 7.76. The van der Waals surface area contributed by atoms with Crippen molar-refractivity contribution in [2.24, 2.45) is 0 Å². The van der Waals surface area contributed by atoms with Crippen LogP contribution in [0.25, 0.3) is 0 Å². The molecule has 0 aromatic carbocycles. The topological polar surface area (TPSA) is 49.4 Å². The van der Waals surface area contributed by atoms with Gasteiger partial charge in [-0.15, -0.1) is 0 Å². The van der Waals surface area contributed by atoms with Gasteiger partial charge < -0.3 is 10.2 Å². The quantitative estimate of drug-likeness (QED) is 0.545. The Morgan fingerprint density at radius 1 is 1.69 bits per heavy atom. The SMILES string of the molecule is CC#CC(=O)NC1CC(=O)N(C)C1. The molecule has 0 aromatic heterocycles. The van der Waals surface area contributed by atoms with Gasteiger partial charge in [-0.05, 0) is 12.8 Å². The monoisotopic (exact) mass is 180 g/mol. The number of nitrogens with one attached hydrogen (secondary N) is 1. The first-order valence-corrected chi connectivity index (χ1v) is 4.10. The second-order valence-corrected chi connectivity index (χ2v) is 3.02. The van der Waals surface area contributed by atoms with Gasteiger partial charge in [0.1, 0.15) is 0 Å². The van der Waals surface area contributed by atoms with Crippen molar-refractivity contribution >= 4 is 11.8 Å². The molecule has 1 aliphatic heterocycles. The zero-order chi connectivity index (χ0) is 9.84. The Labute approximate surface area is 77.3 Å². The van der Waals surface area contributed by atoms with Gasteiger partial charge in [0.25, 0.3) is 5.91 Å². The summed E-state index contributed by atoms with van der Waals surface area (Å²) in [5.74, 6) is 4.63.